The number of nitrogens with zero attached hydrogens (tertiary/aromatic N) is 3. The first-order valence-electron chi connectivity index (χ1n) is 6.15. The molecule has 1 aromatic heterocycles. The summed E-state index contributed by atoms with van der Waals surface area (Å²) in [6, 6.07) is 18.4. The average molecular weight is 250 g/mol. The molecule has 4 nitrogen and oxygen atoms in total. The molecule has 0 saturated carbocycles. The molecule has 2 aromatic carbocycles. The second-order valence-corrected chi connectivity index (χ2v) is 4.29. The summed E-state index contributed by atoms with van der Waals surface area (Å²) in [7, 11) is 0. The molecule has 3 rings (SSSR count). The van der Waals surface area contributed by atoms with Crippen molar-refractivity contribution < 1.29 is 0 Å². The van der Waals surface area contributed by atoms with E-state index in [1.807, 2.05) is 36.5 Å². The Morgan fingerprint density at radius 3 is 2.32 bits per heavy atom. The van der Waals surface area contributed by atoms with Gasteiger partial charge in [-0.2, -0.15) is 0 Å². The summed E-state index contributed by atoms with van der Waals surface area (Å²) in [5, 5.41) is 11.1. The minimum atomic E-state index is 0.742. The van der Waals surface area contributed by atoms with Crippen LogP contribution in [0.3, 0.4) is 0 Å². The van der Waals surface area contributed by atoms with Gasteiger partial charge in [-0.3, -0.25) is 0 Å². The van der Waals surface area contributed by atoms with Crippen LogP contribution in [-0.2, 0) is 6.54 Å². The fourth-order valence-corrected chi connectivity index (χ4v) is 1.89. The third-order valence-corrected chi connectivity index (χ3v) is 2.83. The van der Waals surface area contributed by atoms with E-state index >= 15 is 0 Å². The normalized spacial score (nSPS) is 10.3. The van der Waals surface area contributed by atoms with Crippen molar-refractivity contribution in [3.05, 3.63) is 72.6 Å². The van der Waals surface area contributed by atoms with Crippen LogP contribution >= 0.6 is 0 Å². The highest BCUT2D eigenvalue weighted by molar-refractivity contribution is 5.59. The lowest BCUT2D eigenvalue weighted by Crippen LogP contribution is -2.00. The predicted octanol–water partition coefficient (Wildman–Crippen LogP) is 3.07. The van der Waals surface area contributed by atoms with E-state index in [0.717, 1.165) is 17.9 Å². The Morgan fingerprint density at radius 1 is 0.895 bits per heavy atom. The maximum Gasteiger partial charge on any atom is 0.0693 e. The molecule has 19 heavy (non-hydrogen) atoms. The molecule has 0 aliphatic rings. The second kappa shape index (κ2) is 5.35. The van der Waals surface area contributed by atoms with Crippen molar-refractivity contribution in [3.8, 4) is 0 Å². The topological polar surface area (TPSA) is 42.7 Å². The van der Waals surface area contributed by atoms with E-state index < -0.39 is 0 Å². The van der Waals surface area contributed by atoms with Gasteiger partial charge in [0.15, 0.2) is 0 Å². The lowest BCUT2D eigenvalue weighted by Gasteiger charge is -2.07. The maximum absolute atomic E-state index is 3.95. The predicted molar refractivity (Wildman–Crippen MR) is 75.3 cm³/mol. The molecule has 0 radical (unpaired) electrons. The fourth-order valence-electron chi connectivity index (χ4n) is 1.89. The summed E-state index contributed by atoms with van der Waals surface area (Å²) in [6.45, 7) is 0.742. The maximum atomic E-state index is 3.95. The fraction of sp³-hybridized carbons (Fsp3) is 0.0667. The van der Waals surface area contributed by atoms with Gasteiger partial charge in [-0.05, 0) is 29.8 Å². The van der Waals surface area contributed by atoms with E-state index in [1.54, 1.807) is 10.9 Å². The molecule has 0 fully saturated rings. The first kappa shape index (κ1) is 11.5. The largest absolute Gasteiger partial charge is 0.356 e. The molecule has 94 valence electrons. The molecule has 4 heteroatoms. The number of hydrogen-bond donors (Lipinski definition) is 1. The Hall–Kier alpha value is -2.62. The number of para-hydroxylation sites is 1. The van der Waals surface area contributed by atoms with Gasteiger partial charge >= 0.3 is 0 Å². The minimum absolute atomic E-state index is 0.742. The van der Waals surface area contributed by atoms with Crippen LogP contribution < -0.4 is 5.32 Å². The number of hydrogen-bond acceptors (Lipinski definition) is 3. The molecule has 0 saturated heterocycles. The lowest BCUT2D eigenvalue weighted by atomic mass is 10.2. The Kier molecular flexibility index (Phi) is 3.23. The number of aromatic nitrogens is 3. The summed E-state index contributed by atoms with van der Waals surface area (Å²) in [4.78, 5) is 0. The molecule has 0 unspecified atom stereocenters. The van der Waals surface area contributed by atoms with Crippen LogP contribution in [-0.4, -0.2) is 15.0 Å². The van der Waals surface area contributed by atoms with Crippen molar-refractivity contribution in [2.45, 2.75) is 6.54 Å². The molecule has 0 atom stereocenters. The van der Waals surface area contributed by atoms with E-state index in [2.05, 4.69) is 39.9 Å². The molecule has 0 aliphatic heterocycles. The monoisotopic (exact) mass is 250 g/mol. The molecule has 0 spiro atoms. The number of nitrogens with one attached hydrogen (secondary N) is 1. The van der Waals surface area contributed by atoms with Crippen LogP contribution in [0, 0.1) is 0 Å². The molecule has 1 heterocycles. The van der Waals surface area contributed by atoms with Crippen molar-refractivity contribution in [1.29, 1.82) is 0 Å². The average Bonchev–Trinajstić information content (AvgIpc) is 2.95. The van der Waals surface area contributed by atoms with Crippen molar-refractivity contribution >= 4 is 11.4 Å². The van der Waals surface area contributed by atoms with Crippen LogP contribution in [0.1, 0.15) is 5.56 Å². The number of anilines is 2. The molecule has 0 bridgehead atoms. The number of benzene rings is 2. The van der Waals surface area contributed by atoms with Crippen molar-refractivity contribution in [2.75, 3.05) is 5.32 Å². The smallest absolute Gasteiger partial charge is 0.0693 e. The van der Waals surface area contributed by atoms with Crippen LogP contribution in [0.2, 0.25) is 0 Å². The highest BCUT2D eigenvalue weighted by atomic mass is 15.4. The molecule has 1 N–H and O–H groups in total. The number of rotatable bonds is 4. The Morgan fingerprint density at radius 2 is 1.63 bits per heavy atom. The zero-order valence-electron chi connectivity index (χ0n) is 10.4. The van der Waals surface area contributed by atoms with Gasteiger partial charge in [0.25, 0.3) is 0 Å². The highest BCUT2D eigenvalue weighted by Gasteiger charge is 1.97. The summed E-state index contributed by atoms with van der Waals surface area (Å²) in [5.74, 6) is 0. The van der Waals surface area contributed by atoms with Gasteiger partial charge in [0.1, 0.15) is 0 Å². The SMILES string of the molecule is c1ccc(Nc2ccc(Cn3ccnn3)cc2)cc1. The van der Waals surface area contributed by atoms with Gasteiger partial charge in [0, 0.05) is 17.6 Å². The van der Waals surface area contributed by atoms with Gasteiger partial charge in [-0.1, -0.05) is 35.5 Å². The van der Waals surface area contributed by atoms with Crippen molar-refractivity contribution in [1.82, 2.24) is 15.0 Å². The van der Waals surface area contributed by atoms with Gasteiger partial charge in [0.05, 0.1) is 12.7 Å². The van der Waals surface area contributed by atoms with Gasteiger partial charge in [-0.25, -0.2) is 4.68 Å². The molecule has 0 amide bonds. The molecule has 3 aromatic rings. The summed E-state index contributed by atoms with van der Waals surface area (Å²) < 4.78 is 1.81. The molecular formula is C15H14N4. The summed E-state index contributed by atoms with van der Waals surface area (Å²) in [5.41, 5.74) is 3.36. The standard InChI is InChI=1S/C15H14N4/c1-2-4-14(5-3-1)17-15-8-6-13(7-9-15)12-19-11-10-16-18-19/h1-11,17H,12H2. The Bertz CT molecular complexity index is 615. The zero-order chi connectivity index (χ0) is 12.9. The van der Waals surface area contributed by atoms with E-state index in [1.165, 1.54) is 5.56 Å². The third-order valence-electron chi connectivity index (χ3n) is 2.83. The van der Waals surface area contributed by atoms with Gasteiger partial charge < -0.3 is 5.32 Å². The molecular weight excluding hydrogens is 236 g/mol. The van der Waals surface area contributed by atoms with Crippen molar-refractivity contribution in [2.24, 2.45) is 0 Å². The van der Waals surface area contributed by atoms with E-state index in [0.29, 0.717) is 0 Å². The second-order valence-electron chi connectivity index (χ2n) is 4.29. The first-order chi connectivity index (χ1) is 9.40. The third kappa shape index (κ3) is 2.98. The van der Waals surface area contributed by atoms with Crippen LogP contribution in [0.5, 0.6) is 0 Å². The van der Waals surface area contributed by atoms with Gasteiger partial charge in [0.2, 0.25) is 0 Å². The van der Waals surface area contributed by atoms with Gasteiger partial charge in [-0.15, -0.1) is 5.10 Å². The van der Waals surface area contributed by atoms with Crippen molar-refractivity contribution in [3.63, 3.8) is 0 Å². The Labute approximate surface area is 111 Å². The zero-order valence-corrected chi connectivity index (χ0v) is 10.4. The quantitative estimate of drug-likeness (QED) is 0.773. The van der Waals surface area contributed by atoms with E-state index in [9.17, 15) is 0 Å². The lowest BCUT2D eigenvalue weighted by molar-refractivity contribution is 0.650. The van der Waals surface area contributed by atoms with Crippen LogP contribution in [0.15, 0.2) is 67.0 Å². The van der Waals surface area contributed by atoms with Crippen LogP contribution in [0.4, 0.5) is 11.4 Å². The minimum Gasteiger partial charge on any atom is -0.356 e. The summed E-state index contributed by atoms with van der Waals surface area (Å²) >= 11 is 0. The summed E-state index contributed by atoms with van der Waals surface area (Å²) in [6.07, 6.45) is 3.54. The van der Waals surface area contributed by atoms with E-state index in [4.69, 9.17) is 0 Å². The van der Waals surface area contributed by atoms with Crippen LogP contribution in [0.25, 0.3) is 0 Å². The Balaban J connectivity index is 1.69. The first-order valence-corrected chi connectivity index (χ1v) is 6.15. The highest BCUT2D eigenvalue weighted by Crippen LogP contribution is 2.16. The van der Waals surface area contributed by atoms with E-state index in [-0.39, 0.29) is 0 Å². The molecule has 0 aliphatic carbocycles.